The third-order valence-corrected chi connectivity index (χ3v) is 6.31. The molecule has 154 valence electrons. The van der Waals surface area contributed by atoms with Crippen molar-refractivity contribution in [1.82, 2.24) is 29.6 Å². The number of para-hydroxylation sites is 1. The summed E-state index contributed by atoms with van der Waals surface area (Å²) in [4.78, 5) is 13.3. The van der Waals surface area contributed by atoms with Crippen LogP contribution in [0.15, 0.2) is 52.4 Å². The molecule has 2 aromatic carbocycles. The molecule has 0 saturated heterocycles. The van der Waals surface area contributed by atoms with Gasteiger partial charge < -0.3 is 0 Å². The molecule has 7 nitrogen and oxygen atoms in total. The second-order valence-electron chi connectivity index (χ2n) is 7.45. The van der Waals surface area contributed by atoms with Gasteiger partial charge in [0.1, 0.15) is 0 Å². The van der Waals surface area contributed by atoms with Gasteiger partial charge in [-0.25, -0.2) is 4.68 Å². The summed E-state index contributed by atoms with van der Waals surface area (Å²) < 4.78 is 5.02. The van der Waals surface area contributed by atoms with E-state index in [2.05, 4.69) is 48.4 Å². The third-order valence-electron chi connectivity index (χ3n) is 5.36. The van der Waals surface area contributed by atoms with Crippen molar-refractivity contribution in [3.8, 4) is 11.4 Å². The summed E-state index contributed by atoms with van der Waals surface area (Å²) >= 11 is 1.53. The molecule has 0 spiro atoms. The van der Waals surface area contributed by atoms with E-state index in [-0.39, 0.29) is 5.56 Å². The van der Waals surface area contributed by atoms with Crippen LogP contribution >= 0.6 is 11.8 Å². The van der Waals surface area contributed by atoms with Gasteiger partial charge in [-0.05, 0) is 66.9 Å². The first-order valence-electron chi connectivity index (χ1n) is 9.70. The predicted octanol–water partition coefficient (Wildman–Crippen LogP) is 3.68. The van der Waals surface area contributed by atoms with Gasteiger partial charge in [0.2, 0.25) is 5.16 Å². The average molecular weight is 421 g/mol. The maximum Gasteiger partial charge on any atom is 0.297 e. The highest BCUT2D eigenvalue weighted by Gasteiger charge is 2.22. The number of nitrogens with zero attached hydrogens (tertiary/aromatic N) is 6. The topological polar surface area (TPSA) is 70.5 Å². The fourth-order valence-corrected chi connectivity index (χ4v) is 4.85. The quantitative estimate of drug-likeness (QED) is 0.461. The number of aromatic nitrogens is 6. The monoisotopic (exact) mass is 420 g/mol. The van der Waals surface area contributed by atoms with Gasteiger partial charge in [-0.2, -0.15) is 4.68 Å². The molecule has 0 radical (unpaired) electrons. The molecular formula is C22H24N6OS. The van der Waals surface area contributed by atoms with E-state index in [1.54, 1.807) is 9.36 Å². The summed E-state index contributed by atoms with van der Waals surface area (Å²) in [6.45, 7) is 8.26. The van der Waals surface area contributed by atoms with Crippen LogP contribution in [0.5, 0.6) is 0 Å². The van der Waals surface area contributed by atoms with Gasteiger partial charge in [0.25, 0.3) is 5.56 Å². The molecular weight excluding hydrogens is 396 g/mol. The largest absolute Gasteiger partial charge is 0.297 e. The summed E-state index contributed by atoms with van der Waals surface area (Å²) in [5.41, 5.74) is 6.93. The van der Waals surface area contributed by atoms with Crippen LogP contribution < -0.4 is 5.56 Å². The molecule has 30 heavy (non-hydrogen) atoms. The summed E-state index contributed by atoms with van der Waals surface area (Å²) in [5, 5.41) is 12.8. The molecule has 8 heteroatoms. The molecule has 0 unspecified atom stereocenters. The van der Waals surface area contributed by atoms with Crippen molar-refractivity contribution in [1.29, 1.82) is 0 Å². The fraction of sp³-hybridized carbons (Fsp3) is 0.273. The highest BCUT2D eigenvalue weighted by Crippen LogP contribution is 2.27. The molecule has 0 amide bonds. The first kappa shape index (κ1) is 20.2. The van der Waals surface area contributed by atoms with Gasteiger partial charge in [0.05, 0.1) is 11.4 Å². The first-order valence-corrected chi connectivity index (χ1v) is 10.7. The molecule has 0 saturated carbocycles. The molecule has 0 aliphatic rings. The number of rotatable bonds is 5. The van der Waals surface area contributed by atoms with Crippen LogP contribution in [0.1, 0.15) is 27.9 Å². The minimum absolute atomic E-state index is 0.155. The Morgan fingerprint density at radius 1 is 1.00 bits per heavy atom. The Morgan fingerprint density at radius 3 is 2.33 bits per heavy atom. The molecule has 0 aliphatic carbocycles. The first-order chi connectivity index (χ1) is 14.4. The third kappa shape index (κ3) is 3.47. The van der Waals surface area contributed by atoms with Crippen molar-refractivity contribution in [2.45, 2.75) is 38.6 Å². The van der Waals surface area contributed by atoms with Crippen molar-refractivity contribution in [2.75, 3.05) is 0 Å². The lowest BCUT2D eigenvalue weighted by atomic mass is 10.0. The van der Waals surface area contributed by atoms with Gasteiger partial charge >= 0.3 is 0 Å². The number of hydrogen-bond donors (Lipinski definition) is 0. The Labute approximate surface area is 179 Å². The van der Waals surface area contributed by atoms with Gasteiger partial charge in [0, 0.05) is 12.8 Å². The van der Waals surface area contributed by atoms with Crippen molar-refractivity contribution in [3.05, 3.63) is 80.8 Å². The molecule has 4 aromatic rings. The SMILES string of the molecule is Cc1cc(C)c(CSc2nnnn2-c2c(C)n(C)n(-c3ccccc3)c2=O)c(C)c1. The van der Waals surface area contributed by atoms with Crippen molar-refractivity contribution < 1.29 is 0 Å². The van der Waals surface area contributed by atoms with E-state index < -0.39 is 0 Å². The lowest BCUT2D eigenvalue weighted by molar-refractivity contribution is 0.630. The zero-order valence-corrected chi connectivity index (χ0v) is 18.6. The van der Waals surface area contributed by atoms with E-state index in [4.69, 9.17) is 0 Å². The van der Waals surface area contributed by atoms with Crippen LogP contribution in [-0.2, 0) is 12.8 Å². The number of tetrazole rings is 1. The van der Waals surface area contributed by atoms with Crippen LogP contribution in [0.25, 0.3) is 11.4 Å². The van der Waals surface area contributed by atoms with Crippen LogP contribution in [0.4, 0.5) is 0 Å². The van der Waals surface area contributed by atoms with E-state index in [0.717, 1.165) is 17.1 Å². The summed E-state index contributed by atoms with van der Waals surface area (Å²) in [7, 11) is 1.86. The summed E-state index contributed by atoms with van der Waals surface area (Å²) in [6.07, 6.45) is 0. The van der Waals surface area contributed by atoms with E-state index >= 15 is 0 Å². The molecule has 4 rings (SSSR count). The lowest BCUT2D eigenvalue weighted by Crippen LogP contribution is -2.22. The van der Waals surface area contributed by atoms with Crippen LogP contribution in [-0.4, -0.2) is 29.6 Å². The van der Waals surface area contributed by atoms with E-state index in [1.807, 2.05) is 49.0 Å². The fourth-order valence-electron chi connectivity index (χ4n) is 3.78. The zero-order valence-electron chi connectivity index (χ0n) is 17.7. The van der Waals surface area contributed by atoms with E-state index in [1.165, 1.54) is 34.0 Å². The standard InChI is InChI=1S/C22H24N6OS/c1-14-11-15(2)19(16(3)12-14)13-30-22-23-24-25-27(22)20-17(4)26(5)28(21(20)29)18-9-7-6-8-10-18/h6-12H,13H2,1-5H3. The van der Waals surface area contributed by atoms with Crippen LogP contribution in [0.2, 0.25) is 0 Å². The summed E-state index contributed by atoms with van der Waals surface area (Å²) in [6, 6.07) is 13.9. The maximum atomic E-state index is 13.3. The second-order valence-corrected chi connectivity index (χ2v) is 8.39. The molecule has 0 fully saturated rings. The van der Waals surface area contributed by atoms with E-state index in [9.17, 15) is 4.79 Å². The van der Waals surface area contributed by atoms with E-state index in [0.29, 0.717) is 10.8 Å². The van der Waals surface area contributed by atoms with Crippen LogP contribution in [0.3, 0.4) is 0 Å². The smallest absolute Gasteiger partial charge is 0.283 e. The minimum Gasteiger partial charge on any atom is -0.283 e. The molecule has 2 aromatic heterocycles. The Hall–Kier alpha value is -3.13. The number of benzene rings is 2. The molecule has 0 atom stereocenters. The maximum absolute atomic E-state index is 13.3. The Bertz CT molecular complexity index is 1250. The molecule has 0 N–H and O–H groups in total. The van der Waals surface area contributed by atoms with Gasteiger partial charge in [-0.3, -0.25) is 9.48 Å². The van der Waals surface area contributed by atoms with Crippen LogP contribution in [0, 0.1) is 27.7 Å². The molecule has 2 heterocycles. The highest BCUT2D eigenvalue weighted by atomic mass is 32.2. The normalized spacial score (nSPS) is 11.2. The van der Waals surface area contributed by atoms with Gasteiger partial charge in [-0.15, -0.1) is 5.10 Å². The van der Waals surface area contributed by atoms with Crippen molar-refractivity contribution in [3.63, 3.8) is 0 Å². The van der Waals surface area contributed by atoms with Gasteiger partial charge in [0.15, 0.2) is 5.69 Å². The minimum atomic E-state index is -0.155. The van der Waals surface area contributed by atoms with Gasteiger partial charge in [-0.1, -0.05) is 47.7 Å². The molecule has 0 bridgehead atoms. The predicted molar refractivity (Wildman–Crippen MR) is 119 cm³/mol. The second kappa shape index (κ2) is 7.95. The number of thioether (sulfide) groups is 1. The molecule has 0 aliphatic heterocycles. The highest BCUT2D eigenvalue weighted by molar-refractivity contribution is 7.98. The Balaban J connectivity index is 1.72. The number of aryl methyl sites for hydroxylation is 3. The average Bonchev–Trinajstić information content (AvgIpc) is 3.24. The zero-order chi connectivity index (χ0) is 21.4. The van der Waals surface area contributed by atoms with Crippen molar-refractivity contribution in [2.24, 2.45) is 7.05 Å². The van der Waals surface area contributed by atoms with Crippen molar-refractivity contribution >= 4 is 11.8 Å². The Kier molecular flexibility index (Phi) is 5.34. The summed E-state index contributed by atoms with van der Waals surface area (Å²) in [5.74, 6) is 0.733. The Morgan fingerprint density at radius 2 is 1.67 bits per heavy atom. The number of hydrogen-bond acceptors (Lipinski definition) is 5. The lowest BCUT2D eigenvalue weighted by Gasteiger charge is -2.10.